The molecule has 0 radical (unpaired) electrons. The normalized spacial score (nSPS) is 10.6. The molecule has 0 spiro atoms. The Kier molecular flexibility index (Phi) is 4.55. The largest absolute Gasteiger partial charge is 0.271 e. The van der Waals surface area contributed by atoms with Gasteiger partial charge in [0.05, 0.1) is 11.2 Å². The second-order valence-electron chi connectivity index (χ2n) is 3.73. The summed E-state index contributed by atoms with van der Waals surface area (Å²) in [7, 11) is 0. The van der Waals surface area contributed by atoms with Crippen molar-refractivity contribution in [1.82, 2.24) is 5.43 Å². The van der Waals surface area contributed by atoms with Gasteiger partial charge in [0.15, 0.2) is 0 Å². The minimum atomic E-state index is -0.276. The molecule has 0 saturated carbocycles. The van der Waals surface area contributed by atoms with Crippen LogP contribution >= 0.6 is 23.2 Å². The number of carbonyl (C=O) groups is 1. The van der Waals surface area contributed by atoms with Crippen molar-refractivity contribution in [3.8, 4) is 0 Å². The number of hydrogen-bond acceptors (Lipinski definition) is 2. The van der Waals surface area contributed by atoms with Gasteiger partial charge in [-0.3, -0.25) is 4.79 Å². The van der Waals surface area contributed by atoms with E-state index in [2.05, 4.69) is 10.5 Å². The fraction of sp³-hybridized carbons (Fsp3) is 0. The lowest BCUT2D eigenvalue weighted by Gasteiger charge is -2.00. The highest BCUT2D eigenvalue weighted by Gasteiger charge is 2.02. The highest BCUT2D eigenvalue weighted by molar-refractivity contribution is 6.36. The van der Waals surface area contributed by atoms with E-state index in [1.807, 2.05) is 6.07 Å². The van der Waals surface area contributed by atoms with Crippen LogP contribution in [0, 0.1) is 0 Å². The molecule has 0 atom stereocenters. The number of amides is 1. The molecule has 2 aromatic carbocycles. The smallest absolute Gasteiger partial charge is 0.267 e. The summed E-state index contributed by atoms with van der Waals surface area (Å²) in [6.07, 6.45) is 1.47. The zero-order valence-corrected chi connectivity index (χ0v) is 11.3. The van der Waals surface area contributed by atoms with E-state index in [0.29, 0.717) is 21.2 Å². The molecule has 0 unspecified atom stereocenters. The number of hydrogen-bond donors (Lipinski definition) is 1. The maximum absolute atomic E-state index is 11.7. The summed E-state index contributed by atoms with van der Waals surface area (Å²) in [6, 6.07) is 13.9. The standard InChI is InChI=1S/C14H10Cl2N2O/c15-12-7-6-11(13(16)8-12)9-17-18-14(19)10-4-2-1-3-5-10/h1-9H,(H,18,19). The number of nitrogens with zero attached hydrogens (tertiary/aromatic N) is 1. The van der Waals surface area contributed by atoms with Crippen LogP contribution in [0.15, 0.2) is 53.6 Å². The molecule has 19 heavy (non-hydrogen) atoms. The van der Waals surface area contributed by atoms with Crippen LogP contribution in [0.4, 0.5) is 0 Å². The third kappa shape index (κ3) is 3.81. The van der Waals surface area contributed by atoms with Gasteiger partial charge in [-0.25, -0.2) is 5.43 Å². The Balaban J connectivity index is 2.02. The molecule has 5 heteroatoms. The van der Waals surface area contributed by atoms with Crippen molar-refractivity contribution in [2.45, 2.75) is 0 Å². The van der Waals surface area contributed by atoms with Gasteiger partial charge in [-0.15, -0.1) is 0 Å². The summed E-state index contributed by atoms with van der Waals surface area (Å²) in [4.78, 5) is 11.7. The van der Waals surface area contributed by atoms with Crippen LogP contribution in [-0.4, -0.2) is 12.1 Å². The van der Waals surface area contributed by atoms with Crippen LogP contribution in [0.3, 0.4) is 0 Å². The van der Waals surface area contributed by atoms with Crippen LogP contribution < -0.4 is 5.43 Å². The van der Waals surface area contributed by atoms with Crippen molar-refractivity contribution in [2.75, 3.05) is 0 Å². The molecule has 0 saturated heterocycles. The number of benzene rings is 2. The predicted molar refractivity (Wildman–Crippen MR) is 78.0 cm³/mol. The van der Waals surface area contributed by atoms with Gasteiger partial charge < -0.3 is 0 Å². The molecule has 0 aliphatic carbocycles. The molecular formula is C14H10Cl2N2O. The molecule has 0 aliphatic heterocycles. The van der Waals surface area contributed by atoms with Gasteiger partial charge >= 0.3 is 0 Å². The van der Waals surface area contributed by atoms with Crippen molar-refractivity contribution in [1.29, 1.82) is 0 Å². The zero-order valence-electron chi connectivity index (χ0n) is 9.81. The molecule has 96 valence electrons. The Morgan fingerprint density at radius 1 is 1.11 bits per heavy atom. The van der Waals surface area contributed by atoms with Gasteiger partial charge in [0.2, 0.25) is 0 Å². The van der Waals surface area contributed by atoms with E-state index in [0.717, 1.165) is 0 Å². The fourth-order valence-electron chi connectivity index (χ4n) is 1.42. The number of nitrogens with one attached hydrogen (secondary N) is 1. The van der Waals surface area contributed by atoms with Gasteiger partial charge in [-0.2, -0.15) is 5.10 Å². The molecule has 1 N–H and O–H groups in total. The third-order valence-electron chi connectivity index (χ3n) is 2.37. The van der Waals surface area contributed by atoms with Crippen LogP contribution in [0.25, 0.3) is 0 Å². The topological polar surface area (TPSA) is 41.5 Å². The quantitative estimate of drug-likeness (QED) is 0.679. The van der Waals surface area contributed by atoms with Crippen molar-refractivity contribution in [2.24, 2.45) is 5.10 Å². The monoisotopic (exact) mass is 292 g/mol. The molecule has 0 aromatic heterocycles. The van der Waals surface area contributed by atoms with Gasteiger partial charge in [0, 0.05) is 16.1 Å². The van der Waals surface area contributed by atoms with E-state index < -0.39 is 0 Å². The molecular weight excluding hydrogens is 283 g/mol. The summed E-state index contributed by atoms with van der Waals surface area (Å²) in [5, 5.41) is 4.88. The first-order valence-corrected chi connectivity index (χ1v) is 6.26. The highest BCUT2D eigenvalue weighted by Crippen LogP contribution is 2.19. The average Bonchev–Trinajstić information content (AvgIpc) is 2.42. The predicted octanol–water partition coefficient (Wildman–Crippen LogP) is 3.76. The van der Waals surface area contributed by atoms with Crippen molar-refractivity contribution < 1.29 is 4.79 Å². The van der Waals surface area contributed by atoms with Crippen LogP contribution in [0.5, 0.6) is 0 Å². The van der Waals surface area contributed by atoms with E-state index in [9.17, 15) is 4.79 Å². The molecule has 0 heterocycles. The minimum Gasteiger partial charge on any atom is -0.267 e. The second-order valence-corrected chi connectivity index (χ2v) is 4.57. The SMILES string of the molecule is O=C(NN=Cc1ccc(Cl)cc1Cl)c1ccccc1. The molecule has 0 aliphatic rings. The average molecular weight is 293 g/mol. The van der Waals surface area contributed by atoms with Gasteiger partial charge in [-0.05, 0) is 24.3 Å². The summed E-state index contributed by atoms with van der Waals surface area (Å²) in [6.45, 7) is 0. The summed E-state index contributed by atoms with van der Waals surface area (Å²) >= 11 is 11.8. The molecule has 3 nitrogen and oxygen atoms in total. The Morgan fingerprint density at radius 2 is 1.84 bits per heavy atom. The van der Waals surface area contributed by atoms with Crippen LogP contribution in [-0.2, 0) is 0 Å². The maximum Gasteiger partial charge on any atom is 0.271 e. The first kappa shape index (κ1) is 13.6. The van der Waals surface area contributed by atoms with E-state index in [1.54, 1.807) is 42.5 Å². The summed E-state index contributed by atoms with van der Waals surface area (Å²) in [5.41, 5.74) is 3.65. The van der Waals surface area contributed by atoms with Crippen LogP contribution in [0.2, 0.25) is 10.0 Å². The van der Waals surface area contributed by atoms with Gasteiger partial charge in [-0.1, -0.05) is 47.5 Å². The number of hydrazone groups is 1. The lowest BCUT2D eigenvalue weighted by molar-refractivity contribution is 0.0955. The third-order valence-corrected chi connectivity index (χ3v) is 2.93. The zero-order chi connectivity index (χ0) is 13.7. The first-order valence-electron chi connectivity index (χ1n) is 5.50. The lowest BCUT2D eigenvalue weighted by Crippen LogP contribution is -2.17. The van der Waals surface area contributed by atoms with E-state index in [-0.39, 0.29) is 5.91 Å². The van der Waals surface area contributed by atoms with Crippen molar-refractivity contribution in [3.05, 3.63) is 69.7 Å². The Morgan fingerprint density at radius 3 is 2.53 bits per heavy atom. The second kappa shape index (κ2) is 6.36. The van der Waals surface area contributed by atoms with E-state index >= 15 is 0 Å². The number of rotatable bonds is 3. The lowest BCUT2D eigenvalue weighted by atomic mass is 10.2. The van der Waals surface area contributed by atoms with Crippen molar-refractivity contribution in [3.63, 3.8) is 0 Å². The van der Waals surface area contributed by atoms with E-state index in [1.165, 1.54) is 6.21 Å². The van der Waals surface area contributed by atoms with Gasteiger partial charge in [0.25, 0.3) is 5.91 Å². The van der Waals surface area contributed by atoms with Gasteiger partial charge in [0.1, 0.15) is 0 Å². The molecule has 2 rings (SSSR count). The molecule has 2 aromatic rings. The fourth-order valence-corrected chi connectivity index (χ4v) is 1.88. The highest BCUT2D eigenvalue weighted by atomic mass is 35.5. The Labute approximate surface area is 120 Å². The minimum absolute atomic E-state index is 0.276. The first-order chi connectivity index (χ1) is 9.16. The van der Waals surface area contributed by atoms with Crippen LogP contribution in [0.1, 0.15) is 15.9 Å². The molecule has 1 amide bonds. The Bertz CT molecular complexity index is 612. The van der Waals surface area contributed by atoms with E-state index in [4.69, 9.17) is 23.2 Å². The van der Waals surface area contributed by atoms with Crippen molar-refractivity contribution >= 4 is 35.3 Å². The summed E-state index contributed by atoms with van der Waals surface area (Å²) < 4.78 is 0. The summed E-state index contributed by atoms with van der Waals surface area (Å²) in [5.74, 6) is -0.276. The number of carbonyl (C=O) groups excluding carboxylic acids is 1. The maximum atomic E-state index is 11.7. The Hall–Kier alpha value is -1.84. The molecule has 0 fully saturated rings. The molecule has 0 bridgehead atoms. The number of halogens is 2.